The molecular formula is C6H16N2O2S. The summed E-state index contributed by atoms with van der Waals surface area (Å²) in [5.74, 6) is 5.05. The van der Waals surface area contributed by atoms with Crippen LogP contribution in [0.15, 0.2) is 0 Å². The number of sulfone groups is 1. The maximum atomic E-state index is 11.3. The molecule has 0 aliphatic carbocycles. The molecule has 0 saturated carbocycles. The standard InChI is InChI=1S/C6H16N2O2S/c1-6(2,3)11(9,10)5-4-8-7/h8H,4-5,7H2,1-3H3. The fraction of sp³-hybridized carbons (Fsp3) is 1.00. The highest BCUT2D eigenvalue weighted by Gasteiger charge is 2.27. The van der Waals surface area contributed by atoms with Crippen molar-refractivity contribution in [2.45, 2.75) is 25.5 Å². The first kappa shape index (κ1) is 10.9. The first-order valence-corrected chi connectivity index (χ1v) is 5.12. The van der Waals surface area contributed by atoms with Crippen LogP contribution in [-0.2, 0) is 9.84 Å². The molecule has 0 heterocycles. The summed E-state index contributed by atoms with van der Waals surface area (Å²) < 4.78 is 22.0. The van der Waals surface area contributed by atoms with Crippen molar-refractivity contribution in [3.05, 3.63) is 0 Å². The lowest BCUT2D eigenvalue weighted by Gasteiger charge is -2.18. The second-order valence-corrected chi connectivity index (χ2v) is 6.25. The number of hydrazine groups is 1. The Kier molecular flexibility index (Phi) is 3.47. The van der Waals surface area contributed by atoms with E-state index in [0.29, 0.717) is 6.54 Å². The predicted molar refractivity (Wildman–Crippen MR) is 45.7 cm³/mol. The summed E-state index contributed by atoms with van der Waals surface area (Å²) in [7, 11) is -3.00. The molecule has 68 valence electrons. The second kappa shape index (κ2) is 3.51. The van der Waals surface area contributed by atoms with Gasteiger partial charge in [-0.25, -0.2) is 8.42 Å². The largest absolute Gasteiger partial charge is 0.271 e. The smallest absolute Gasteiger partial charge is 0.156 e. The Morgan fingerprint density at radius 3 is 2.09 bits per heavy atom. The van der Waals surface area contributed by atoms with Gasteiger partial charge in [0.1, 0.15) is 0 Å². The lowest BCUT2D eigenvalue weighted by Crippen LogP contribution is -2.36. The van der Waals surface area contributed by atoms with E-state index in [1.54, 1.807) is 20.8 Å². The van der Waals surface area contributed by atoms with E-state index in [0.717, 1.165) is 0 Å². The molecule has 5 heteroatoms. The molecule has 0 amide bonds. The van der Waals surface area contributed by atoms with Gasteiger partial charge in [0, 0.05) is 6.54 Å². The molecular weight excluding hydrogens is 164 g/mol. The molecule has 0 fully saturated rings. The maximum Gasteiger partial charge on any atom is 0.156 e. The van der Waals surface area contributed by atoms with Crippen molar-refractivity contribution in [3.8, 4) is 0 Å². The summed E-state index contributed by atoms with van der Waals surface area (Å²) in [4.78, 5) is 0. The average molecular weight is 180 g/mol. The van der Waals surface area contributed by atoms with Gasteiger partial charge >= 0.3 is 0 Å². The SMILES string of the molecule is CC(C)(C)S(=O)(=O)CCNN. The van der Waals surface area contributed by atoms with E-state index in [4.69, 9.17) is 5.84 Å². The van der Waals surface area contributed by atoms with Crippen molar-refractivity contribution < 1.29 is 8.42 Å². The van der Waals surface area contributed by atoms with Crippen LogP contribution < -0.4 is 11.3 Å². The highest BCUT2D eigenvalue weighted by molar-refractivity contribution is 7.92. The quantitative estimate of drug-likeness (QED) is 0.460. The number of hydrogen-bond donors (Lipinski definition) is 2. The van der Waals surface area contributed by atoms with Crippen LogP contribution in [0.1, 0.15) is 20.8 Å². The number of rotatable bonds is 3. The molecule has 0 aliphatic rings. The van der Waals surface area contributed by atoms with E-state index < -0.39 is 14.6 Å². The van der Waals surface area contributed by atoms with Gasteiger partial charge in [0.2, 0.25) is 0 Å². The molecule has 11 heavy (non-hydrogen) atoms. The Balaban J connectivity index is 4.26. The van der Waals surface area contributed by atoms with Crippen LogP contribution in [0.25, 0.3) is 0 Å². The van der Waals surface area contributed by atoms with Crippen LogP contribution in [0, 0.1) is 0 Å². The number of nitrogens with one attached hydrogen (secondary N) is 1. The van der Waals surface area contributed by atoms with E-state index in [1.165, 1.54) is 0 Å². The van der Waals surface area contributed by atoms with Crippen LogP contribution in [0.4, 0.5) is 0 Å². The number of hydrogen-bond acceptors (Lipinski definition) is 4. The Morgan fingerprint density at radius 1 is 1.36 bits per heavy atom. The minimum absolute atomic E-state index is 0.0903. The van der Waals surface area contributed by atoms with Gasteiger partial charge in [-0.3, -0.25) is 11.3 Å². The molecule has 0 radical (unpaired) electrons. The van der Waals surface area contributed by atoms with Crippen molar-refractivity contribution in [1.82, 2.24) is 5.43 Å². The minimum atomic E-state index is -3.00. The average Bonchev–Trinajstić information content (AvgIpc) is 1.81. The maximum absolute atomic E-state index is 11.3. The molecule has 4 nitrogen and oxygen atoms in total. The summed E-state index contributed by atoms with van der Waals surface area (Å²) in [6, 6.07) is 0. The zero-order valence-electron chi connectivity index (χ0n) is 7.22. The molecule has 0 aromatic carbocycles. The third-order valence-electron chi connectivity index (χ3n) is 1.45. The van der Waals surface area contributed by atoms with Gasteiger partial charge < -0.3 is 0 Å². The highest BCUT2D eigenvalue weighted by atomic mass is 32.2. The van der Waals surface area contributed by atoms with E-state index in [9.17, 15) is 8.42 Å². The van der Waals surface area contributed by atoms with Crippen molar-refractivity contribution in [2.24, 2.45) is 5.84 Å². The molecule has 0 unspecified atom stereocenters. The third kappa shape index (κ3) is 3.18. The van der Waals surface area contributed by atoms with Crippen molar-refractivity contribution >= 4 is 9.84 Å². The lowest BCUT2D eigenvalue weighted by atomic mass is 10.3. The van der Waals surface area contributed by atoms with Gasteiger partial charge in [-0.05, 0) is 20.8 Å². The van der Waals surface area contributed by atoms with Gasteiger partial charge in [-0.2, -0.15) is 0 Å². The van der Waals surface area contributed by atoms with E-state index in [-0.39, 0.29) is 5.75 Å². The normalized spacial score (nSPS) is 13.5. The fourth-order valence-electron chi connectivity index (χ4n) is 0.499. The molecule has 0 spiro atoms. The van der Waals surface area contributed by atoms with Gasteiger partial charge in [0.05, 0.1) is 10.5 Å². The second-order valence-electron chi connectivity index (χ2n) is 3.39. The van der Waals surface area contributed by atoms with E-state index in [1.807, 2.05) is 0 Å². The monoisotopic (exact) mass is 180 g/mol. The fourth-order valence-corrected chi connectivity index (χ4v) is 1.50. The molecule has 0 atom stereocenters. The van der Waals surface area contributed by atoms with Gasteiger partial charge in [-0.15, -0.1) is 0 Å². The van der Waals surface area contributed by atoms with Crippen LogP contribution in [0.3, 0.4) is 0 Å². The molecule has 0 rings (SSSR count). The summed E-state index contributed by atoms with van der Waals surface area (Å²) >= 11 is 0. The Hall–Kier alpha value is -0.130. The zero-order chi connectivity index (χ0) is 9.12. The first-order valence-electron chi connectivity index (χ1n) is 3.47. The molecule has 0 saturated heterocycles. The zero-order valence-corrected chi connectivity index (χ0v) is 8.03. The number of nitrogens with two attached hydrogens (primary N) is 1. The molecule has 0 bridgehead atoms. The molecule has 0 aromatic heterocycles. The summed E-state index contributed by atoms with van der Waals surface area (Å²) in [6.07, 6.45) is 0. The van der Waals surface area contributed by atoms with E-state index >= 15 is 0 Å². The highest BCUT2D eigenvalue weighted by Crippen LogP contribution is 2.14. The summed E-state index contributed by atoms with van der Waals surface area (Å²) in [5, 5.41) is 0. The van der Waals surface area contributed by atoms with Crippen LogP contribution in [-0.4, -0.2) is 25.5 Å². The molecule has 0 aromatic rings. The van der Waals surface area contributed by atoms with E-state index in [2.05, 4.69) is 5.43 Å². The summed E-state index contributed by atoms with van der Waals surface area (Å²) in [5.41, 5.74) is 2.32. The topological polar surface area (TPSA) is 72.2 Å². The lowest BCUT2D eigenvalue weighted by molar-refractivity contribution is 0.557. The van der Waals surface area contributed by atoms with Crippen LogP contribution >= 0.6 is 0 Å². The van der Waals surface area contributed by atoms with Gasteiger partial charge in [0.15, 0.2) is 9.84 Å². The van der Waals surface area contributed by atoms with Gasteiger partial charge in [0.25, 0.3) is 0 Å². The van der Waals surface area contributed by atoms with Crippen molar-refractivity contribution in [1.29, 1.82) is 0 Å². The molecule has 3 N–H and O–H groups in total. The Bertz CT molecular complexity index is 203. The Morgan fingerprint density at radius 2 is 1.82 bits per heavy atom. The predicted octanol–water partition coefficient (Wildman–Crippen LogP) is -0.337. The summed E-state index contributed by atoms with van der Waals surface area (Å²) in [6.45, 7) is 5.34. The van der Waals surface area contributed by atoms with Crippen LogP contribution in [0.5, 0.6) is 0 Å². The molecule has 0 aliphatic heterocycles. The van der Waals surface area contributed by atoms with Crippen molar-refractivity contribution in [2.75, 3.05) is 12.3 Å². The van der Waals surface area contributed by atoms with Crippen molar-refractivity contribution in [3.63, 3.8) is 0 Å². The third-order valence-corrected chi connectivity index (χ3v) is 4.06. The van der Waals surface area contributed by atoms with Crippen LogP contribution in [0.2, 0.25) is 0 Å². The van der Waals surface area contributed by atoms with Gasteiger partial charge in [-0.1, -0.05) is 0 Å². The Labute approximate surface area is 68.0 Å². The first-order chi connectivity index (χ1) is 4.81. The minimum Gasteiger partial charge on any atom is -0.271 e.